The number of anilines is 1. The number of amides is 5. The molecule has 4 heterocycles. The van der Waals surface area contributed by atoms with Gasteiger partial charge in [0.15, 0.2) is 0 Å². The van der Waals surface area contributed by atoms with Gasteiger partial charge in [0.2, 0.25) is 11.8 Å². The van der Waals surface area contributed by atoms with Gasteiger partial charge in [0.25, 0.3) is 11.8 Å². The van der Waals surface area contributed by atoms with E-state index in [0.717, 1.165) is 94.7 Å². The summed E-state index contributed by atoms with van der Waals surface area (Å²) in [5.74, 6) is -1.40. The van der Waals surface area contributed by atoms with Crippen LogP contribution < -0.4 is 15.5 Å². The molecule has 228 valence electrons. The zero-order valence-corrected chi connectivity index (χ0v) is 24.6. The van der Waals surface area contributed by atoms with E-state index in [-0.39, 0.29) is 30.9 Å². The summed E-state index contributed by atoms with van der Waals surface area (Å²) in [5.41, 5.74) is 1.46. The minimum Gasteiger partial charge on any atom is -0.450 e. The molecule has 0 aliphatic carbocycles. The van der Waals surface area contributed by atoms with Crippen molar-refractivity contribution in [2.45, 2.75) is 83.2 Å². The number of carbonyl (C=O) groups is 5. The molecular weight excluding hydrogens is 538 g/mol. The minimum absolute atomic E-state index is 0.104. The van der Waals surface area contributed by atoms with Gasteiger partial charge in [-0.05, 0) is 76.0 Å². The van der Waals surface area contributed by atoms with Crippen molar-refractivity contribution in [3.63, 3.8) is 0 Å². The second-order valence-corrected chi connectivity index (χ2v) is 12.0. The molecule has 2 N–H and O–H groups in total. The fourth-order valence-electron chi connectivity index (χ4n) is 6.70. The van der Waals surface area contributed by atoms with Crippen LogP contribution >= 0.6 is 0 Å². The predicted molar refractivity (Wildman–Crippen MR) is 156 cm³/mol. The van der Waals surface area contributed by atoms with Gasteiger partial charge in [-0.1, -0.05) is 19.4 Å². The average molecular weight is 582 g/mol. The van der Waals surface area contributed by atoms with Gasteiger partial charge in [0.05, 0.1) is 23.4 Å². The van der Waals surface area contributed by atoms with Crippen LogP contribution in [0.2, 0.25) is 0 Å². The van der Waals surface area contributed by atoms with Crippen LogP contribution in [0.5, 0.6) is 0 Å². The van der Waals surface area contributed by atoms with Gasteiger partial charge in [-0.2, -0.15) is 0 Å². The number of piperidine rings is 3. The number of hydrogen-bond donors (Lipinski definition) is 2. The Kier molecular flexibility index (Phi) is 9.76. The molecule has 4 aliphatic heterocycles. The molecule has 0 radical (unpaired) electrons. The van der Waals surface area contributed by atoms with Gasteiger partial charge >= 0.3 is 6.09 Å². The van der Waals surface area contributed by atoms with E-state index in [4.69, 9.17) is 4.74 Å². The molecule has 0 saturated carbocycles. The lowest BCUT2D eigenvalue weighted by Gasteiger charge is -2.36. The maximum atomic E-state index is 13.5. The Labute approximate surface area is 247 Å². The van der Waals surface area contributed by atoms with Crippen molar-refractivity contribution in [3.8, 4) is 0 Å². The van der Waals surface area contributed by atoms with Crippen molar-refractivity contribution < 1.29 is 28.7 Å². The van der Waals surface area contributed by atoms with Gasteiger partial charge in [-0.25, -0.2) is 4.79 Å². The normalized spacial score (nSPS) is 23.6. The maximum absolute atomic E-state index is 13.5. The van der Waals surface area contributed by atoms with E-state index in [0.29, 0.717) is 23.7 Å². The van der Waals surface area contributed by atoms with Crippen LogP contribution in [0, 0.1) is 5.92 Å². The number of hydrogen-bond acceptors (Lipinski definition) is 8. The molecule has 4 aliphatic rings. The van der Waals surface area contributed by atoms with Crippen molar-refractivity contribution in [1.82, 2.24) is 20.4 Å². The first-order valence-electron chi connectivity index (χ1n) is 15.6. The number of nitrogens with one attached hydrogen (secondary N) is 2. The van der Waals surface area contributed by atoms with Crippen molar-refractivity contribution in [2.24, 2.45) is 5.92 Å². The third-order valence-corrected chi connectivity index (χ3v) is 9.03. The first-order chi connectivity index (χ1) is 20.4. The van der Waals surface area contributed by atoms with Crippen LogP contribution in [0.25, 0.3) is 0 Å². The Morgan fingerprint density at radius 2 is 1.83 bits per heavy atom. The second kappa shape index (κ2) is 13.7. The van der Waals surface area contributed by atoms with Crippen molar-refractivity contribution >= 4 is 35.4 Å². The van der Waals surface area contributed by atoms with Crippen LogP contribution in [0.3, 0.4) is 0 Å². The summed E-state index contributed by atoms with van der Waals surface area (Å²) in [5, 5.41) is 5.26. The zero-order chi connectivity index (χ0) is 29.6. The minimum atomic E-state index is -0.961. The van der Waals surface area contributed by atoms with Gasteiger partial charge in [0.1, 0.15) is 6.04 Å². The number of fused-ring (bicyclic) bond motifs is 1. The molecule has 2 unspecified atom stereocenters. The number of carbonyl (C=O) groups excluding carboxylic acids is 5. The molecule has 3 fully saturated rings. The van der Waals surface area contributed by atoms with E-state index in [1.807, 2.05) is 6.07 Å². The molecular formula is C31H43N5O6. The van der Waals surface area contributed by atoms with Gasteiger partial charge < -0.3 is 19.9 Å². The number of ether oxygens (including phenoxy) is 1. The lowest BCUT2D eigenvalue weighted by Crippen LogP contribution is -2.54. The molecule has 2 atom stereocenters. The van der Waals surface area contributed by atoms with Crippen LogP contribution in [0.1, 0.15) is 91.8 Å². The summed E-state index contributed by atoms with van der Waals surface area (Å²) in [6.45, 7) is 7.14. The first kappa shape index (κ1) is 30.0. The lowest BCUT2D eigenvalue weighted by atomic mass is 9.92. The Morgan fingerprint density at radius 1 is 1.02 bits per heavy atom. The molecule has 11 nitrogen and oxygen atoms in total. The Balaban J connectivity index is 1.11. The number of imide groups is 2. The fourth-order valence-corrected chi connectivity index (χ4v) is 6.70. The van der Waals surface area contributed by atoms with Crippen LogP contribution in [-0.2, 0) is 14.3 Å². The fraction of sp³-hybridized carbons (Fsp3) is 0.645. The highest BCUT2D eigenvalue weighted by Gasteiger charge is 2.46. The predicted octanol–water partition coefficient (Wildman–Crippen LogP) is 3.08. The van der Waals surface area contributed by atoms with E-state index in [1.54, 1.807) is 12.1 Å². The van der Waals surface area contributed by atoms with Gasteiger partial charge in [-0.15, -0.1) is 0 Å². The Bertz CT molecular complexity index is 1200. The molecule has 1 aromatic rings. The topological polar surface area (TPSA) is 128 Å². The summed E-state index contributed by atoms with van der Waals surface area (Å²) in [6.07, 6.45) is 8.03. The summed E-state index contributed by atoms with van der Waals surface area (Å²) in [7, 11) is 0. The molecule has 5 amide bonds. The summed E-state index contributed by atoms with van der Waals surface area (Å²) in [4.78, 5) is 68.5. The lowest BCUT2D eigenvalue weighted by molar-refractivity contribution is -0.136. The van der Waals surface area contributed by atoms with Crippen LogP contribution in [0.15, 0.2) is 18.2 Å². The molecule has 0 aromatic heterocycles. The molecule has 42 heavy (non-hydrogen) atoms. The molecule has 1 aromatic carbocycles. The van der Waals surface area contributed by atoms with Crippen LogP contribution in [0.4, 0.5) is 10.5 Å². The number of alkyl carbamates (subject to hydrolysis) is 1. The van der Waals surface area contributed by atoms with E-state index >= 15 is 0 Å². The number of nitrogens with zero attached hydrogens (tertiary/aromatic N) is 3. The highest BCUT2D eigenvalue weighted by Crippen LogP contribution is 2.36. The van der Waals surface area contributed by atoms with E-state index in [9.17, 15) is 24.0 Å². The SMILES string of the molecule is CCCCOC(=O)NC1CCN(CCCC2CCCN(c3cccc4c3C(=O)N(C3CCC(=O)NC3=O)C4=O)C2)CC1. The Hall–Kier alpha value is -3.47. The number of benzene rings is 1. The quantitative estimate of drug-likeness (QED) is 0.319. The average Bonchev–Trinajstić information content (AvgIpc) is 3.24. The van der Waals surface area contributed by atoms with Crippen molar-refractivity contribution in [3.05, 3.63) is 29.3 Å². The molecule has 0 spiro atoms. The van der Waals surface area contributed by atoms with E-state index in [2.05, 4.69) is 27.4 Å². The number of unbranched alkanes of at least 4 members (excludes halogenated alkanes) is 1. The number of rotatable bonds is 10. The Morgan fingerprint density at radius 3 is 2.60 bits per heavy atom. The smallest absolute Gasteiger partial charge is 0.407 e. The molecule has 11 heteroatoms. The van der Waals surface area contributed by atoms with Crippen LogP contribution in [-0.4, -0.2) is 90.9 Å². The van der Waals surface area contributed by atoms with E-state index < -0.39 is 23.8 Å². The number of likely N-dealkylation sites (tertiary alicyclic amines) is 1. The van der Waals surface area contributed by atoms with Gasteiger partial charge in [-0.3, -0.25) is 29.4 Å². The first-order valence-corrected chi connectivity index (χ1v) is 15.6. The largest absolute Gasteiger partial charge is 0.450 e. The highest BCUT2D eigenvalue weighted by atomic mass is 16.5. The zero-order valence-electron chi connectivity index (χ0n) is 24.6. The summed E-state index contributed by atoms with van der Waals surface area (Å²) in [6, 6.07) is 4.58. The second-order valence-electron chi connectivity index (χ2n) is 12.0. The summed E-state index contributed by atoms with van der Waals surface area (Å²) >= 11 is 0. The van der Waals surface area contributed by atoms with Crippen molar-refractivity contribution in [2.75, 3.05) is 44.2 Å². The molecule has 5 rings (SSSR count). The molecule has 3 saturated heterocycles. The summed E-state index contributed by atoms with van der Waals surface area (Å²) < 4.78 is 5.23. The van der Waals surface area contributed by atoms with E-state index in [1.165, 1.54) is 0 Å². The van der Waals surface area contributed by atoms with Gasteiger partial charge in [0, 0.05) is 38.6 Å². The monoisotopic (exact) mass is 581 g/mol. The van der Waals surface area contributed by atoms with Crippen molar-refractivity contribution in [1.29, 1.82) is 0 Å². The third-order valence-electron chi connectivity index (χ3n) is 9.03. The standard InChI is InChI=1S/C31H43N5O6/c1-2-3-19-42-31(41)32-22-13-17-34(18-14-22)15-5-7-21-8-6-16-35(20-21)24-10-4-9-23-27(24)30(40)36(29(23)39)25-11-12-26(37)33-28(25)38/h4,9-10,21-22,25H,2-3,5-8,11-20H2,1H3,(H,32,41)(H,33,37,38). The highest BCUT2D eigenvalue weighted by molar-refractivity contribution is 6.25. The molecule has 0 bridgehead atoms. The third kappa shape index (κ3) is 6.77. The maximum Gasteiger partial charge on any atom is 0.407 e.